The van der Waals surface area contributed by atoms with Crippen LogP contribution in [0.4, 0.5) is 0 Å². The summed E-state index contributed by atoms with van der Waals surface area (Å²) in [4.78, 5) is -0.000135. The van der Waals surface area contributed by atoms with Gasteiger partial charge >= 0.3 is 0 Å². The molecule has 0 saturated heterocycles. The lowest BCUT2D eigenvalue weighted by Gasteiger charge is -2.11. The van der Waals surface area contributed by atoms with Gasteiger partial charge in [0.2, 0.25) is 21.8 Å². The van der Waals surface area contributed by atoms with Gasteiger partial charge < -0.3 is 13.9 Å². The third kappa shape index (κ3) is 4.44. The molecule has 8 nitrogen and oxygen atoms in total. The van der Waals surface area contributed by atoms with Crippen molar-refractivity contribution in [3.8, 4) is 23.0 Å². The van der Waals surface area contributed by atoms with E-state index in [-0.39, 0.29) is 23.6 Å². The second-order valence-corrected chi connectivity index (χ2v) is 7.27. The van der Waals surface area contributed by atoms with E-state index in [1.807, 2.05) is 30.3 Å². The molecule has 0 amide bonds. The van der Waals surface area contributed by atoms with Gasteiger partial charge in [-0.3, -0.25) is 0 Å². The highest BCUT2D eigenvalue weighted by atomic mass is 32.2. The summed E-state index contributed by atoms with van der Waals surface area (Å²) in [5.74, 6) is 1.38. The Morgan fingerprint density at radius 2 is 1.81 bits per heavy atom. The number of aromatic nitrogens is 2. The Morgan fingerprint density at radius 3 is 2.52 bits per heavy atom. The monoisotopic (exact) mass is 389 g/mol. The van der Waals surface area contributed by atoms with Crippen LogP contribution in [-0.2, 0) is 16.4 Å². The van der Waals surface area contributed by atoms with Crippen molar-refractivity contribution in [1.29, 1.82) is 0 Å². The zero-order valence-corrected chi connectivity index (χ0v) is 15.7. The highest BCUT2D eigenvalue weighted by Crippen LogP contribution is 2.28. The maximum Gasteiger partial charge on any atom is 0.247 e. The number of methoxy groups -OCH3 is 2. The van der Waals surface area contributed by atoms with Gasteiger partial charge in [0.15, 0.2) is 0 Å². The maximum absolute atomic E-state index is 12.6. The first-order valence-electron chi connectivity index (χ1n) is 8.13. The van der Waals surface area contributed by atoms with E-state index >= 15 is 0 Å². The van der Waals surface area contributed by atoms with Crippen LogP contribution in [0, 0.1) is 0 Å². The first-order chi connectivity index (χ1) is 13.0. The minimum absolute atomic E-state index is 0.000135. The van der Waals surface area contributed by atoms with E-state index in [1.165, 1.54) is 26.4 Å². The molecule has 142 valence electrons. The van der Waals surface area contributed by atoms with Crippen molar-refractivity contribution >= 4 is 10.0 Å². The van der Waals surface area contributed by atoms with Gasteiger partial charge in [-0.1, -0.05) is 18.2 Å². The molecule has 0 radical (unpaired) electrons. The second-order valence-electron chi connectivity index (χ2n) is 5.53. The fraction of sp³-hybridized carbons (Fsp3) is 0.222. The topological polar surface area (TPSA) is 104 Å². The molecule has 0 aliphatic carbocycles. The van der Waals surface area contributed by atoms with Gasteiger partial charge in [-0.2, -0.15) is 0 Å². The lowest BCUT2D eigenvalue weighted by Crippen LogP contribution is -2.26. The van der Waals surface area contributed by atoms with Crippen LogP contribution in [0.2, 0.25) is 0 Å². The first-order valence-corrected chi connectivity index (χ1v) is 9.61. The predicted molar refractivity (Wildman–Crippen MR) is 98.2 cm³/mol. The van der Waals surface area contributed by atoms with Crippen molar-refractivity contribution in [3.63, 3.8) is 0 Å². The van der Waals surface area contributed by atoms with Crippen LogP contribution in [0.5, 0.6) is 11.5 Å². The summed E-state index contributed by atoms with van der Waals surface area (Å²) in [5, 5.41) is 7.93. The van der Waals surface area contributed by atoms with Crippen LogP contribution >= 0.6 is 0 Å². The van der Waals surface area contributed by atoms with Crippen molar-refractivity contribution < 1.29 is 22.3 Å². The minimum atomic E-state index is -3.80. The lowest BCUT2D eigenvalue weighted by atomic mass is 10.2. The molecular weight excluding hydrogens is 370 g/mol. The highest BCUT2D eigenvalue weighted by molar-refractivity contribution is 7.89. The van der Waals surface area contributed by atoms with Crippen molar-refractivity contribution in [2.24, 2.45) is 0 Å². The number of sulfonamides is 1. The quantitative estimate of drug-likeness (QED) is 0.630. The summed E-state index contributed by atoms with van der Waals surface area (Å²) in [7, 11) is -0.925. The highest BCUT2D eigenvalue weighted by Gasteiger charge is 2.20. The number of hydrogen-bond acceptors (Lipinski definition) is 7. The molecule has 9 heteroatoms. The molecule has 0 aliphatic rings. The van der Waals surface area contributed by atoms with Crippen molar-refractivity contribution in [1.82, 2.24) is 14.9 Å². The Morgan fingerprint density at radius 1 is 1.04 bits per heavy atom. The second kappa shape index (κ2) is 8.19. The van der Waals surface area contributed by atoms with Gasteiger partial charge in [-0.05, 0) is 24.3 Å². The van der Waals surface area contributed by atoms with Crippen LogP contribution in [0.25, 0.3) is 11.5 Å². The molecule has 0 bridgehead atoms. The first kappa shape index (κ1) is 18.9. The van der Waals surface area contributed by atoms with E-state index in [0.717, 1.165) is 5.56 Å². The molecule has 3 aromatic rings. The zero-order chi connectivity index (χ0) is 19.3. The van der Waals surface area contributed by atoms with Crippen LogP contribution in [-0.4, -0.2) is 39.4 Å². The van der Waals surface area contributed by atoms with Crippen LogP contribution in [0.3, 0.4) is 0 Å². The van der Waals surface area contributed by atoms with Crippen molar-refractivity contribution in [3.05, 3.63) is 54.4 Å². The van der Waals surface area contributed by atoms with Gasteiger partial charge in [0.1, 0.15) is 16.4 Å². The van der Waals surface area contributed by atoms with E-state index in [2.05, 4.69) is 14.9 Å². The Kier molecular flexibility index (Phi) is 5.72. The summed E-state index contributed by atoms with van der Waals surface area (Å²) < 4.78 is 43.5. The van der Waals surface area contributed by atoms with Gasteiger partial charge in [-0.25, -0.2) is 13.1 Å². The molecule has 1 aromatic heterocycles. The maximum atomic E-state index is 12.6. The third-order valence-electron chi connectivity index (χ3n) is 3.78. The Labute approximate surface area is 157 Å². The van der Waals surface area contributed by atoms with Crippen LogP contribution < -0.4 is 14.2 Å². The van der Waals surface area contributed by atoms with Crippen molar-refractivity contribution in [2.45, 2.75) is 11.3 Å². The molecule has 0 atom stereocenters. The molecule has 3 rings (SSSR count). The van der Waals surface area contributed by atoms with Gasteiger partial charge in [0.25, 0.3) is 0 Å². The summed E-state index contributed by atoms with van der Waals surface area (Å²) >= 11 is 0. The summed E-state index contributed by atoms with van der Waals surface area (Å²) in [6.45, 7) is 0.0963. The van der Waals surface area contributed by atoms with Gasteiger partial charge in [-0.15, -0.1) is 10.2 Å². The summed E-state index contributed by atoms with van der Waals surface area (Å²) in [6.07, 6.45) is 0.255. The van der Waals surface area contributed by atoms with E-state index in [0.29, 0.717) is 17.5 Å². The number of benzene rings is 2. The predicted octanol–water partition coefficient (Wildman–Crippen LogP) is 2.27. The third-order valence-corrected chi connectivity index (χ3v) is 5.26. The van der Waals surface area contributed by atoms with Crippen molar-refractivity contribution in [2.75, 3.05) is 20.8 Å². The Bertz CT molecular complexity index is 1000. The summed E-state index contributed by atoms with van der Waals surface area (Å²) in [5.41, 5.74) is 0.804. The van der Waals surface area contributed by atoms with E-state index in [9.17, 15) is 8.42 Å². The van der Waals surface area contributed by atoms with E-state index in [1.54, 1.807) is 6.07 Å². The summed E-state index contributed by atoms with van der Waals surface area (Å²) in [6, 6.07) is 13.9. The molecule has 0 aliphatic heterocycles. The minimum Gasteiger partial charge on any atom is -0.497 e. The number of rotatable bonds is 8. The number of nitrogens with zero attached hydrogens (tertiary/aromatic N) is 2. The SMILES string of the molecule is COc1ccc(OC)c(S(=O)(=O)NCCc2nnc(-c3ccccc3)o2)c1. The molecule has 0 spiro atoms. The molecule has 2 aromatic carbocycles. The van der Waals surface area contributed by atoms with Crippen LogP contribution in [0.15, 0.2) is 57.8 Å². The molecule has 0 fully saturated rings. The van der Waals surface area contributed by atoms with E-state index in [4.69, 9.17) is 13.9 Å². The number of hydrogen-bond donors (Lipinski definition) is 1. The van der Waals surface area contributed by atoms with Gasteiger partial charge in [0, 0.05) is 24.6 Å². The lowest BCUT2D eigenvalue weighted by molar-refractivity contribution is 0.392. The van der Waals surface area contributed by atoms with E-state index < -0.39 is 10.0 Å². The molecule has 27 heavy (non-hydrogen) atoms. The fourth-order valence-corrected chi connectivity index (χ4v) is 3.63. The number of nitrogens with one attached hydrogen (secondary N) is 1. The molecular formula is C18H19N3O5S. The normalized spacial score (nSPS) is 11.3. The van der Waals surface area contributed by atoms with Gasteiger partial charge in [0.05, 0.1) is 14.2 Å². The molecule has 1 heterocycles. The average Bonchev–Trinajstić information content (AvgIpc) is 3.17. The Hall–Kier alpha value is -2.91. The average molecular weight is 389 g/mol. The molecule has 1 N–H and O–H groups in total. The standard InChI is InChI=1S/C18H19N3O5S/c1-24-14-8-9-15(25-2)16(12-14)27(22,23)19-11-10-17-20-21-18(26-17)13-6-4-3-5-7-13/h3-9,12,19H,10-11H2,1-2H3. The molecule has 0 saturated carbocycles. The molecule has 0 unspecified atom stereocenters. The largest absolute Gasteiger partial charge is 0.497 e. The fourth-order valence-electron chi connectivity index (χ4n) is 2.42. The van der Waals surface area contributed by atoms with Crippen LogP contribution in [0.1, 0.15) is 5.89 Å². The smallest absolute Gasteiger partial charge is 0.247 e. The Balaban J connectivity index is 1.67. The number of ether oxygens (including phenoxy) is 2. The zero-order valence-electron chi connectivity index (χ0n) is 14.9.